The van der Waals surface area contributed by atoms with Gasteiger partial charge in [0.15, 0.2) is 0 Å². The first-order chi connectivity index (χ1) is 14.7. The van der Waals surface area contributed by atoms with Crippen molar-refractivity contribution in [3.63, 3.8) is 0 Å². The fourth-order valence-corrected chi connectivity index (χ4v) is 5.67. The Kier molecular flexibility index (Phi) is 7.30. The molecule has 1 N–H and O–H groups in total. The number of benzene rings is 1. The van der Waals surface area contributed by atoms with Crippen LogP contribution in [0.5, 0.6) is 0 Å². The highest BCUT2D eigenvalue weighted by Gasteiger charge is 2.38. The lowest BCUT2D eigenvalue weighted by Gasteiger charge is -2.41. The maximum absolute atomic E-state index is 12.4. The Hall–Kier alpha value is -1.61. The third-order valence-electron chi connectivity index (χ3n) is 6.63. The molecule has 2 aliphatic rings. The summed E-state index contributed by atoms with van der Waals surface area (Å²) in [5.41, 5.74) is 2.54. The second-order valence-corrected chi connectivity index (χ2v) is 9.49. The molecule has 2 fully saturated rings. The molecule has 30 heavy (non-hydrogen) atoms. The van der Waals surface area contributed by atoms with Crippen molar-refractivity contribution < 1.29 is 14.3 Å². The van der Waals surface area contributed by atoms with Gasteiger partial charge in [0.1, 0.15) is 0 Å². The molecule has 6 nitrogen and oxygen atoms in total. The average molecular weight is 523 g/mol. The quantitative estimate of drug-likeness (QED) is 0.556. The summed E-state index contributed by atoms with van der Waals surface area (Å²) < 4.78 is 12.6. The number of halogens is 1. The molecule has 1 aliphatic carbocycles. The van der Waals surface area contributed by atoms with Crippen LogP contribution < -0.4 is 0 Å². The van der Waals surface area contributed by atoms with Crippen molar-refractivity contribution in [2.45, 2.75) is 62.5 Å². The number of nitrogens with zero attached hydrogens (tertiary/aromatic N) is 2. The molecule has 4 rings (SSSR count). The summed E-state index contributed by atoms with van der Waals surface area (Å²) in [4.78, 5) is 14.3. The molecule has 1 saturated carbocycles. The lowest BCUT2D eigenvalue weighted by Crippen LogP contribution is -2.50. The second-order valence-electron chi connectivity index (χ2n) is 8.33. The van der Waals surface area contributed by atoms with Gasteiger partial charge in [0.25, 0.3) is 0 Å². The molecule has 1 saturated heterocycles. The minimum atomic E-state index is -0.268. The molecule has 1 aliphatic heterocycles. The number of amides is 1. The molecule has 2 aromatic rings. The van der Waals surface area contributed by atoms with Gasteiger partial charge < -0.3 is 14.4 Å². The Morgan fingerprint density at radius 2 is 1.97 bits per heavy atom. The van der Waals surface area contributed by atoms with Gasteiger partial charge in [0, 0.05) is 12.5 Å². The number of likely N-dealkylation sites (tertiary alicyclic amines) is 1. The zero-order valence-corrected chi connectivity index (χ0v) is 19.6. The number of hydrogen-bond donors (Lipinski definition) is 1. The average Bonchev–Trinajstić information content (AvgIpc) is 3.23. The predicted octanol–water partition coefficient (Wildman–Crippen LogP) is 5.07. The van der Waals surface area contributed by atoms with Gasteiger partial charge in [-0.2, -0.15) is 5.10 Å². The van der Waals surface area contributed by atoms with Gasteiger partial charge in [-0.05, 0) is 72.6 Å². The topological polar surface area (TPSA) is 67.5 Å². The van der Waals surface area contributed by atoms with Crippen LogP contribution in [0.3, 0.4) is 0 Å². The van der Waals surface area contributed by atoms with Crippen molar-refractivity contribution in [2.75, 3.05) is 20.3 Å². The number of piperidine rings is 1. The molecule has 2 atom stereocenters. The van der Waals surface area contributed by atoms with E-state index >= 15 is 0 Å². The number of ether oxygens (including phenoxy) is 2. The minimum absolute atomic E-state index is 0.0352. The van der Waals surface area contributed by atoms with Gasteiger partial charge in [-0.3, -0.25) is 5.10 Å². The first-order valence-electron chi connectivity index (χ1n) is 10.9. The molecule has 0 radical (unpaired) electrons. The van der Waals surface area contributed by atoms with E-state index in [0.29, 0.717) is 19.1 Å². The third-order valence-corrected chi connectivity index (χ3v) is 7.49. The number of H-pyrrole nitrogens is 1. The number of carbonyl (C=O) groups is 1. The van der Waals surface area contributed by atoms with E-state index in [4.69, 9.17) is 9.47 Å². The van der Waals surface area contributed by atoms with Crippen molar-refractivity contribution in [1.29, 1.82) is 0 Å². The lowest BCUT2D eigenvalue weighted by molar-refractivity contribution is -0.0243. The Morgan fingerprint density at radius 1 is 1.20 bits per heavy atom. The molecule has 7 heteroatoms. The molecular formula is C23H30IN3O3. The number of carbonyl (C=O) groups excluding carboxylic acids is 1. The number of hydrogen-bond acceptors (Lipinski definition) is 4. The van der Waals surface area contributed by atoms with Crippen LogP contribution in [-0.2, 0) is 9.47 Å². The van der Waals surface area contributed by atoms with Crippen molar-refractivity contribution in [3.8, 4) is 0 Å². The largest absolute Gasteiger partial charge is 0.453 e. The summed E-state index contributed by atoms with van der Waals surface area (Å²) >= 11 is 2.31. The van der Waals surface area contributed by atoms with E-state index in [1.807, 2.05) is 11.1 Å². The van der Waals surface area contributed by atoms with Crippen LogP contribution in [0.4, 0.5) is 4.79 Å². The van der Waals surface area contributed by atoms with Crippen LogP contribution in [0.2, 0.25) is 0 Å². The van der Waals surface area contributed by atoms with Crippen LogP contribution >= 0.6 is 22.6 Å². The molecule has 1 amide bonds. The highest BCUT2D eigenvalue weighted by molar-refractivity contribution is 14.1. The minimum Gasteiger partial charge on any atom is -0.453 e. The Morgan fingerprint density at radius 3 is 2.63 bits per heavy atom. The zero-order valence-electron chi connectivity index (χ0n) is 17.4. The van der Waals surface area contributed by atoms with Crippen molar-refractivity contribution in [1.82, 2.24) is 15.1 Å². The monoisotopic (exact) mass is 523 g/mol. The van der Waals surface area contributed by atoms with E-state index in [1.165, 1.54) is 12.7 Å². The molecule has 162 valence electrons. The summed E-state index contributed by atoms with van der Waals surface area (Å²) in [7, 11) is 1.45. The van der Waals surface area contributed by atoms with Crippen molar-refractivity contribution in [3.05, 3.63) is 51.4 Å². The highest BCUT2D eigenvalue weighted by Crippen LogP contribution is 2.37. The molecule has 1 aromatic carbocycles. The van der Waals surface area contributed by atoms with E-state index in [1.54, 1.807) is 0 Å². The van der Waals surface area contributed by atoms with Gasteiger partial charge in [-0.1, -0.05) is 30.3 Å². The summed E-state index contributed by atoms with van der Waals surface area (Å²) in [5, 5.41) is 7.35. The van der Waals surface area contributed by atoms with E-state index in [2.05, 4.69) is 63.1 Å². The second kappa shape index (κ2) is 10.1. The molecule has 1 aromatic heterocycles. The van der Waals surface area contributed by atoms with Gasteiger partial charge in [0.2, 0.25) is 0 Å². The van der Waals surface area contributed by atoms with Gasteiger partial charge in [-0.25, -0.2) is 4.79 Å². The van der Waals surface area contributed by atoms with Crippen molar-refractivity contribution >= 4 is 28.7 Å². The van der Waals surface area contributed by atoms with E-state index < -0.39 is 0 Å². The number of nitrogens with one attached hydrogen (secondary N) is 1. The summed E-state index contributed by atoms with van der Waals surface area (Å²) in [6.45, 7) is 1.25. The Labute approximate surface area is 191 Å². The fraction of sp³-hybridized carbons (Fsp3) is 0.565. The number of aromatic nitrogens is 2. The lowest BCUT2D eigenvalue weighted by atomic mass is 9.82. The van der Waals surface area contributed by atoms with Gasteiger partial charge >= 0.3 is 6.09 Å². The van der Waals surface area contributed by atoms with Crippen LogP contribution in [-0.4, -0.2) is 53.6 Å². The normalized spacial score (nSPS) is 27.1. The number of methoxy groups -OCH3 is 1. The summed E-state index contributed by atoms with van der Waals surface area (Å²) in [6.07, 6.45) is 8.24. The maximum atomic E-state index is 12.4. The van der Waals surface area contributed by atoms with E-state index in [-0.39, 0.29) is 24.2 Å². The molecular weight excluding hydrogens is 493 g/mol. The van der Waals surface area contributed by atoms with Crippen LogP contribution in [0.15, 0.2) is 36.5 Å². The van der Waals surface area contributed by atoms with Crippen LogP contribution in [0, 0.1) is 3.57 Å². The smallest absolute Gasteiger partial charge is 0.409 e. The third kappa shape index (κ3) is 4.82. The molecule has 1 unspecified atom stereocenters. The fourth-order valence-electron chi connectivity index (χ4n) is 5.01. The predicted molar refractivity (Wildman–Crippen MR) is 124 cm³/mol. The first-order valence-corrected chi connectivity index (χ1v) is 11.9. The Balaban J connectivity index is 1.40. The van der Waals surface area contributed by atoms with Crippen LogP contribution in [0.25, 0.3) is 0 Å². The summed E-state index contributed by atoms with van der Waals surface area (Å²) in [5.74, 6) is 0.819. The first kappa shape index (κ1) is 21.6. The van der Waals surface area contributed by atoms with E-state index in [9.17, 15) is 4.79 Å². The molecule has 2 heterocycles. The Bertz CT molecular complexity index is 820. The number of aromatic amines is 1. The van der Waals surface area contributed by atoms with Crippen LogP contribution in [0.1, 0.15) is 61.6 Å². The maximum Gasteiger partial charge on any atom is 0.409 e. The molecule has 0 bridgehead atoms. The zero-order chi connectivity index (χ0) is 20.9. The van der Waals surface area contributed by atoms with Gasteiger partial charge in [-0.15, -0.1) is 0 Å². The summed E-state index contributed by atoms with van der Waals surface area (Å²) in [6, 6.07) is 10.8. The highest BCUT2D eigenvalue weighted by atomic mass is 127. The van der Waals surface area contributed by atoms with Crippen molar-refractivity contribution in [2.24, 2.45) is 0 Å². The van der Waals surface area contributed by atoms with Gasteiger partial charge in [0.05, 0.1) is 41.3 Å². The van der Waals surface area contributed by atoms with E-state index in [0.717, 1.165) is 47.8 Å². The molecule has 0 spiro atoms. The number of rotatable bonds is 5. The SMILES string of the molecule is COC(=O)N1CCCC(c2[nH]ncc2I)[C@@H]1COC1CCC(c2ccccc2)CC1. The standard InChI is InChI=1S/C23H30IN3O3/c1-29-23(28)27-13-5-8-19(22-20(24)14-25-26-22)21(27)15-30-18-11-9-17(10-12-18)16-6-3-2-4-7-16/h2-4,6-7,14,17-19,21H,5,8-13,15H2,1H3,(H,25,26)/t17?,18?,19?,21-/m0/s1.